The summed E-state index contributed by atoms with van der Waals surface area (Å²) in [5.41, 5.74) is 0. The molecule has 5 aliphatic rings. The number of hydrogen-bond donors (Lipinski definition) is 21. The first-order chi connectivity index (χ1) is 59.3. The predicted molar refractivity (Wildman–Crippen MR) is 445 cm³/mol. The van der Waals surface area contributed by atoms with Crippen molar-refractivity contribution in [2.45, 2.75) is 469 Å². The number of ketones is 1. The molecule has 2 unspecified atom stereocenters. The van der Waals surface area contributed by atoms with Gasteiger partial charge in [0, 0.05) is 45.4 Å². The first kappa shape index (κ1) is 110. The van der Waals surface area contributed by atoms with Crippen molar-refractivity contribution in [1.29, 1.82) is 0 Å². The molecule has 5 heterocycles. The molecule has 0 aliphatic carbocycles. The van der Waals surface area contributed by atoms with Crippen LogP contribution in [-0.4, -0.2) is 338 Å². The van der Waals surface area contributed by atoms with Crippen molar-refractivity contribution in [3.05, 3.63) is 0 Å². The largest absolute Gasteiger partial charge is 0.477 e. The lowest BCUT2D eigenvalue weighted by Crippen LogP contribution is -2.72. The van der Waals surface area contributed by atoms with Gasteiger partial charge in [-0.05, 0) is 19.8 Å². The second-order valence-electron chi connectivity index (χ2n) is 35.0. The Labute approximate surface area is 730 Å². The van der Waals surface area contributed by atoms with Gasteiger partial charge in [-0.25, -0.2) is 9.59 Å². The van der Waals surface area contributed by atoms with Crippen LogP contribution in [0.15, 0.2) is 0 Å². The first-order valence-corrected chi connectivity index (χ1v) is 46.3. The second kappa shape index (κ2) is 59.4. The van der Waals surface area contributed by atoms with Crippen molar-refractivity contribution >= 4 is 35.4 Å². The van der Waals surface area contributed by atoms with E-state index in [2.05, 4.69) is 29.8 Å². The van der Waals surface area contributed by atoms with E-state index in [4.69, 9.17) is 47.4 Å². The van der Waals surface area contributed by atoms with Gasteiger partial charge in [-0.2, -0.15) is 0 Å². The Balaban J connectivity index is 1.36. The molecule has 0 saturated carbocycles. The lowest BCUT2D eigenvalue weighted by Gasteiger charge is -2.52. The van der Waals surface area contributed by atoms with Gasteiger partial charge in [-0.15, -0.1) is 0 Å². The normalized spacial score (nSPS) is 31.9. The Bertz CT molecular complexity index is 2960. The lowest BCUT2D eigenvalue weighted by molar-refractivity contribution is -0.404. The van der Waals surface area contributed by atoms with Crippen LogP contribution in [0.5, 0.6) is 0 Å². The third-order valence-electron chi connectivity index (χ3n) is 24.6. The number of Topliss-reactive ketones (excluding diaryl/α,β-unsaturated/α-hetero) is 1. The molecular weight excluding hydrogens is 1630 g/mol. The Morgan fingerprint density at radius 3 is 1.26 bits per heavy atom. The minimum Gasteiger partial charge on any atom is -0.477 e. The molecule has 5 fully saturated rings. The standard InChI is InChI=1S/C87H157N3O34/c1-6-8-10-12-14-16-18-20-21-22-23-24-25-26-27-28-29-31-33-35-37-39-41-43-66(103)90-57(58(99)42-40-38-36-34-32-30-19-17-15-13-11-9-7-2)52-115-82-74(109)73(108)76(64(50-94)117-82)119-83-75(110)80(77(65(51-95)118-83)120-81-56(44-53(3)96)69(104)71(106)62(48-92)116-81)124-87(85(113)114)46-60(101)68(89-55(5)98)79(123-87)72(107)63(49-93)121-86(84(111)112)45-59(100)67(88-54(4)97)78(122-86)70(105)61(102)47-91/h56-65,67-83,91-95,99-102,104-110H,6-52H2,1-5H3,(H,88,97)(H,89,98)(H,90,103)(H,111,112)(H,113,114)/t56-,57+,58-,59+,60+,61-,62-,63-,64-,65-,67-,68-,69-,70-,71+,72-,73-,74-,75-,76-,77+,78?,79?,80-,81+,82-,83+,86-,87+/m1/s1. The highest BCUT2D eigenvalue weighted by Crippen LogP contribution is 2.43. The summed E-state index contributed by atoms with van der Waals surface area (Å²) in [4.78, 5) is 79.4. The van der Waals surface area contributed by atoms with Crippen molar-refractivity contribution in [2.75, 3.05) is 39.6 Å². The quantitative estimate of drug-likeness (QED) is 0.0389. The highest BCUT2D eigenvalue weighted by atomic mass is 16.8. The van der Waals surface area contributed by atoms with Gasteiger partial charge < -0.3 is 160 Å². The molecule has 29 atom stereocenters. The molecule has 5 aliphatic heterocycles. The van der Waals surface area contributed by atoms with E-state index in [1.165, 1.54) is 154 Å². The van der Waals surface area contributed by atoms with E-state index in [0.29, 0.717) is 12.8 Å². The molecule has 5 rings (SSSR count). The van der Waals surface area contributed by atoms with E-state index in [0.717, 1.165) is 85.0 Å². The van der Waals surface area contributed by atoms with Crippen LogP contribution in [0, 0.1) is 5.92 Å². The SMILES string of the molecule is CCCCCCCCCCCCCCCCCCCCCCCCCC(=O)N[C@@H](CO[C@@H]1O[C@H](CO)[C@@H](O[C@@H]2O[C@H](CO)[C@H](O[C@@H]3O[C@H](CO)[C@H](O)[C@H](O)[C@H]3CC(C)=O)[C@H](O[C@]3(C(=O)O)C[C@H](O)[C@@H](NC(C)=O)C([C@H](O)[C@@H](CO)O[C@]4(C(=O)O)C[C@H](O)[C@@H](NC(C)=O)C([C@H](O)[C@H](O)CO)O4)O3)[C@H]2O)[C@H](O)[C@H]1O)[C@H](O)CCCCCCCCCCCCCCC. The molecular formula is C87H157N3O34. The zero-order valence-corrected chi connectivity index (χ0v) is 73.9. The average molecular weight is 1790 g/mol. The zero-order chi connectivity index (χ0) is 91.5. The molecule has 0 bridgehead atoms. The van der Waals surface area contributed by atoms with Crippen molar-refractivity contribution in [3.63, 3.8) is 0 Å². The number of carbonyl (C=O) groups is 6. The van der Waals surface area contributed by atoms with Crippen molar-refractivity contribution < 1.29 is 168 Å². The van der Waals surface area contributed by atoms with Crippen LogP contribution in [0.25, 0.3) is 0 Å². The summed E-state index contributed by atoms with van der Waals surface area (Å²) in [6, 6.07) is -4.87. The molecule has 37 heteroatoms. The number of carboxylic acids is 2. The summed E-state index contributed by atoms with van der Waals surface area (Å²) in [7, 11) is 0. The molecule has 724 valence electrons. The monoisotopic (exact) mass is 1790 g/mol. The zero-order valence-electron chi connectivity index (χ0n) is 73.9. The fourth-order valence-corrected chi connectivity index (χ4v) is 17.4. The third-order valence-corrected chi connectivity index (χ3v) is 24.6. The average Bonchev–Trinajstić information content (AvgIpc) is 0.746. The summed E-state index contributed by atoms with van der Waals surface area (Å²) >= 11 is 0. The Kier molecular flexibility index (Phi) is 52.9. The number of carboxylic acid groups (broad SMARTS) is 2. The number of unbranched alkanes of at least 4 members (excludes halogenated alkanes) is 34. The molecule has 3 amide bonds. The maximum absolute atomic E-state index is 14.2. The fraction of sp³-hybridized carbons (Fsp3) is 0.931. The van der Waals surface area contributed by atoms with Crippen molar-refractivity contribution in [3.8, 4) is 0 Å². The van der Waals surface area contributed by atoms with Gasteiger partial charge in [0.15, 0.2) is 18.9 Å². The van der Waals surface area contributed by atoms with Crippen LogP contribution in [0.4, 0.5) is 0 Å². The molecule has 0 aromatic heterocycles. The van der Waals surface area contributed by atoms with E-state index in [-0.39, 0.29) is 18.7 Å². The van der Waals surface area contributed by atoms with Crippen LogP contribution in [0.3, 0.4) is 0 Å². The fourth-order valence-electron chi connectivity index (χ4n) is 17.4. The number of ether oxygens (including phenoxy) is 10. The molecule has 37 nitrogen and oxygen atoms in total. The number of rotatable bonds is 66. The molecule has 0 radical (unpaired) electrons. The lowest BCUT2D eigenvalue weighted by atomic mass is 9.86. The third kappa shape index (κ3) is 35.6. The highest BCUT2D eigenvalue weighted by Gasteiger charge is 2.64. The summed E-state index contributed by atoms with van der Waals surface area (Å²) in [5.74, 6) is -15.8. The number of amides is 3. The minimum absolute atomic E-state index is 0.140. The van der Waals surface area contributed by atoms with Crippen LogP contribution < -0.4 is 16.0 Å². The summed E-state index contributed by atoms with van der Waals surface area (Å²) in [5, 5.41) is 211. The summed E-state index contributed by atoms with van der Waals surface area (Å²) in [6.45, 7) is 0.842. The van der Waals surface area contributed by atoms with Gasteiger partial charge in [0.1, 0.15) is 103 Å². The van der Waals surface area contributed by atoms with Crippen molar-refractivity contribution in [1.82, 2.24) is 16.0 Å². The maximum atomic E-state index is 14.2. The number of nitrogens with one attached hydrogen (secondary N) is 3. The van der Waals surface area contributed by atoms with E-state index >= 15 is 0 Å². The van der Waals surface area contributed by atoms with Crippen LogP contribution in [0.1, 0.15) is 298 Å². The number of hydrogen-bond acceptors (Lipinski definition) is 32. The number of aliphatic hydroxyl groups excluding tert-OH is 16. The molecule has 21 N–H and O–H groups in total. The molecule has 5 saturated heterocycles. The van der Waals surface area contributed by atoms with E-state index in [1.54, 1.807) is 0 Å². The molecule has 0 aromatic rings. The van der Waals surface area contributed by atoms with Gasteiger partial charge in [-0.3, -0.25) is 14.4 Å². The number of aliphatic hydroxyl groups is 16. The summed E-state index contributed by atoms with van der Waals surface area (Å²) in [6.07, 6.45) is -9.91. The predicted octanol–water partition coefficient (Wildman–Crippen LogP) is 2.74. The number of aliphatic carboxylic acids is 2. The smallest absolute Gasteiger partial charge is 0.364 e. The minimum atomic E-state index is -3.57. The molecule has 0 spiro atoms. The molecule has 124 heavy (non-hydrogen) atoms. The first-order valence-electron chi connectivity index (χ1n) is 46.3. The maximum Gasteiger partial charge on any atom is 0.364 e. The van der Waals surface area contributed by atoms with E-state index < -0.39 is 265 Å². The highest BCUT2D eigenvalue weighted by molar-refractivity contribution is 5.78. The van der Waals surface area contributed by atoms with Gasteiger partial charge in [0.05, 0.1) is 82.2 Å². The molecule has 0 aromatic carbocycles. The Morgan fingerprint density at radius 2 is 0.831 bits per heavy atom. The summed E-state index contributed by atoms with van der Waals surface area (Å²) < 4.78 is 60.3. The van der Waals surface area contributed by atoms with Gasteiger partial charge in [0.25, 0.3) is 11.6 Å². The Hall–Kier alpha value is -4.02. The second-order valence-corrected chi connectivity index (χ2v) is 35.0. The topological polar surface area (TPSA) is 595 Å². The van der Waals surface area contributed by atoms with E-state index in [9.17, 15) is 121 Å². The van der Waals surface area contributed by atoms with Gasteiger partial charge in [0.2, 0.25) is 17.7 Å². The number of carbonyl (C=O) groups excluding carboxylic acids is 4. The van der Waals surface area contributed by atoms with Crippen LogP contribution >= 0.6 is 0 Å². The van der Waals surface area contributed by atoms with Gasteiger partial charge >= 0.3 is 11.9 Å². The van der Waals surface area contributed by atoms with Crippen LogP contribution in [0.2, 0.25) is 0 Å². The van der Waals surface area contributed by atoms with Crippen LogP contribution in [-0.2, 0) is 76.1 Å². The van der Waals surface area contributed by atoms with Gasteiger partial charge in [-0.1, -0.05) is 239 Å². The van der Waals surface area contributed by atoms with E-state index in [1.807, 2.05) is 0 Å². The van der Waals surface area contributed by atoms with Crippen molar-refractivity contribution in [2.24, 2.45) is 5.92 Å². The Morgan fingerprint density at radius 1 is 0.427 bits per heavy atom.